The number of halogens is 3. The lowest BCUT2D eigenvalue weighted by Gasteiger charge is -2.16. The maximum atomic E-state index is 14.0. The lowest BCUT2D eigenvalue weighted by atomic mass is 10.1. The predicted molar refractivity (Wildman–Crippen MR) is 75.8 cm³/mol. The number of carbonyl (C=O) groups is 1. The van der Waals surface area contributed by atoms with Crippen molar-refractivity contribution in [1.29, 1.82) is 0 Å². The summed E-state index contributed by atoms with van der Waals surface area (Å²) >= 11 is 1.09. The molecule has 8 heteroatoms. The molecule has 0 aliphatic carbocycles. The van der Waals surface area contributed by atoms with Crippen LogP contribution in [0.3, 0.4) is 0 Å². The van der Waals surface area contributed by atoms with Gasteiger partial charge in [0.05, 0.1) is 11.4 Å². The van der Waals surface area contributed by atoms with Crippen LogP contribution in [0.1, 0.15) is 15.2 Å². The monoisotopic (exact) mass is 317 g/mol. The molecule has 0 saturated carbocycles. The highest BCUT2D eigenvalue weighted by Gasteiger charge is 2.22. The number of thiophene rings is 1. The summed E-state index contributed by atoms with van der Waals surface area (Å²) in [5, 5.41) is 0.280. The first-order valence-corrected chi connectivity index (χ1v) is 6.93. The van der Waals surface area contributed by atoms with E-state index in [0.29, 0.717) is 10.3 Å². The molecular weight excluding hydrogens is 303 g/mol. The Morgan fingerprint density at radius 3 is 2.81 bits per heavy atom. The van der Waals surface area contributed by atoms with Gasteiger partial charge in [-0.1, -0.05) is 6.07 Å². The summed E-state index contributed by atoms with van der Waals surface area (Å²) in [4.78, 5) is 13.4. The van der Waals surface area contributed by atoms with Gasteiger partial charge in [-0.05, 0) is 19.2 Å². The van der Waals surface area contributed by atoms with E-state index in [1.807, 2.05) is 5.43 Å². The molecule has 1 aromatic carbocycles. The molecule has 0 unspecified atom stereocenters. The number of alkyl halides is 2. The molecule has 114 valence electrons. The van der Waals surface area contributed by atoms with Crippen molar-refractivity contribution in [3.63, 3.8) is 0 Å². The maximum absolute atomic E-state index is 14.0. The summed E-state index contributed by atoms with van der Waals surface area (Å²) in [6.45, 7) is -0.427. The van der Waals surface area contributed by atoms with Crippen LogP contribution in [0, 0.1) is 5.82 Å². The van der Waals surface area contributed by atoms with E-state index in [4.69, 9.17) is 5.84 Å². The summed E-state index contributed by atoms with van der Waals surface area (Å²) in [7, 11) is 1.49. The molecule has 2 aromatic rings. The Morgan fingerprint density at radius 2 is 2.19 bits per heavy atom. The molecule has 0 atom stereocenters. The van der Waals surface area contributed by atoms with Crippen molar-refractivity contribution in [2.45, 2.75) is 13.0 Å². The minimum atomic E-state index is -2.50. The minimum absolute atomic E-state index is 0.0357. The normalized spacial score (nSPS) is 11.6. The van der Waals surface area contributed by atoms with Gasteiger partial charge in [0.15, 0.2) is 0 Å². The number of nitrogens with one attached hydrogen (secondary N) is 1. The van der Waals surface area contributed by atoms with E-state index >= 15 is 0 Å². The summed E-state index contributed by atoms with van der Waals surface area (Å²) in [5.41, 5.74) is 2.37. The molecule has 0 aliphatic heterocycles. The van der Waals surface area contributed by atoms with Gasteiger partial charge in [-0.15, -0.1) is 11.3 Å². The summed E-state index contributed by atoms with van der Waals surface area (Å²) in [6.07, 6.45) is -2.50. The number of nitrogens with zero attached hydrogens (tertiary/aromatic N) is 1. The van der Waals surface area contributed by atoms with Crippen LogP contribution in [0.5, 0.6) is 0 Å². The number of benzene rings is 1. The number of nitrogen functional groups attached to an aromatic ring is 1. The number of nitrogens with two attached hydrogens (primary N) is 1. The molecule has 21 heavy (non-hydrogen) atoms. The fourth-order valence-electron chi connectivity index (χ4n) is 2.14. The van der Waals surface area contributed by atoms with Crippen molar-refractivity contribution < 1.29 is 18.0 Å². The Balaban J connectivity index is 2.49. The zero-order valence-electron chi connectivity index (χ0n) is 11.2. The summed E-state index contributed by atoms with van der Waals surface area (Å²) in [6, 6.07) is 4.48. The fourth-order valence-corrected chi connectivity index (χ4v) is 3.27. The highest BCUT2D eigenvalue weighted by atomic mass is 32.1. The van der Waals surface area contributed by atoms with Crippen molar-refractivity contribution in [1.82, 2.24) is 10.3 Å². The third-order valence-electron chi connectivity index (χ3n) is 2.98. The highest BCUT2D eigenvalue weighted by molar-refractivity contribution is 7.21. The highest BCUT2D eigenvalue weighted by Crippen LogP contribution is 2.34. The third-order valence-corrected chi connectivity index (χ3v) is 4.17. The molecule has 1 aromatic heterocycles. The molecule has 0 fully saturated rings. The second-order valence-corrected chi connectivity index (χ2v) is 5.64. The van der Waals surface area contributed by atoms with Gasteiger partial charge < -0.3 is 0 Å². The van der Waals surface area contributed by atoms with Crippen molar-refractivity contribution in [3.05, 3.63) is 34.5 Å². The van der Waals surface area contributed by atoms with Gasteiger partial charge in [0.1, 0.15) is 5.82 Å². The second-order valence-electron chi connectivity index (χ2n) is 4.58. The smallest absolute Gasteiger partial charge is 0.275 e. The standard InChI is InChI=1S/C13H14F3N3OS/c1-19(6-10(15)16)5-7-11-8(14)3-2-4-9(11)21-12(7)13(20)18-17/h2-4,10H,5-6,17H2,1H3,(H,18,20). The van der Waals surface area contributed by atoms with Crippen molar-refractivity contribution >= 4 is 27.3 Å². The van der Waals surface area contributed by atoms with E-state index in [1.165, 1.54) is 24.1 Å². The molecule has 2 rings (SSSR count). The molecule has 0 saturated heterocycles. The summed E-state index contributed by atoms with van der Waals surface area (Å²) in [5.74, 6) is 4.08. The van der Waals surface area contributed by atoms with E-state index in [1.54, 1.807) is 6.07 Å². The number of hydrogen-bond acceptors (Lipinski definition) is 4. The Hall–Kier alpha value is -1.64. The minimum Gasteiger partial charge on any atom is -0.296 e. The van der Waals surface area contributed by atoms with Gasteiger partial charge in [0.2, 0.25) is 0 Å². The average molecular weight is 317 g/mol. The number of hydrazine groups is 1. The third kappa shape index (κ3) is 3.34. The van der Waals surface area contributed by atoms with Gasteiger partial charge in [-0.3, -0.25) is 15.1 Å². The molecule has 1 heterocycles. The number of fused-ring (bicyclic) bond motifs is 1. The SMILES string of the molecule is CN(Cc1c(C(=O)NN)sc2cccc(F)c12)CC(F)F. The first-order chi connectivity index (χ1) is 9.93. The zero-order valence-corrected chi connectivity index (χ0v) is 12.0. The predicted octanol–water partition coefficient (Wildman–Crippen LogP) is 2.34. The molecule has 4 nitrogen and oxygen atoms in total. The van der Waals surface area contributed by atoms with Crippen LogP contribution in [0.4, 0.5) is 13.2 Å². The second kappa shape index (κ2) is 6.42. The molecule has 0 spiro atoms. The quantitative estimate of drug-likeness (QED) is 0.505. The summed E-state index contributed by atoms with van der Waals surface area (Å²) < 4.78 is 39.4. The van der Waals surface area contributed by atoms with Crippen LogP contribution in [0.25, 0.3) is 10.1 Å². The topological polar surface area (TPSA) is 58.4 Å². The maximum Gasteiger partial charge on any atom is 0.275 e. The zero-order chi connectivity index (χ0) is 15.6. The van der Waals surface area contributed by atoms with Crippen molar-refractivity contribution in [2.24, 2.45) is 5.84 Å². The van der Waals surface area contributed by atoms with E-state index in [9.17, 15) is 18.0 Å². The fraction of sp³-hybridized carbons (Fsp3) is 0.308. The number of hydrogen-bond donors (Lipinski definition) is 2. The van der Waals surface area contributed by atoms with E-state index in [2.05, 4.69) is 0 Å². The van der Waals surface area contributed by atoms with Gasteiger partial charge in [0, 0.05) is 22.2 Å². The Labute approximate surface area is 123 Å². The van der Waals surface area contributed by atoms with Gasteiger partial charge >= 0.3 is 0 Å². The Bertz CT molecular complexity index is 659. The number of carbonyl (C=O) groups excluding carboxylic acids is 1. The van der Waals surface area contributed by atoms with Gasteiger partial charge in [0.25, 0.3) is 12.3 Å². The van der Waals surface area contributed by atoms with E-state index in [-0.39, 0.29) is 16.8 Å². The molecule has 0 bridgehead atoms. The van der Waals surface area contributed by atoms with Crippen LogP contribution in [-0.4, -0.2) is 30.8 Å². The van der Waals surface area contributed by atoms with E-state index in [0.717, 1.165) is 11.3 Å². The van der Waals surface area contributed by atoms with Crippen LogP contribution in [0.15, 0.2) is 18.2 Å². The van der Waals surface area contributed by atoms with Crippen LogP contribution >= 0.6 is 11.3 Å². The van der Waals surface area contributed by atoms with Crippen molar-refractivity contribution in [2.75, 3.05) is 13.6 Å². The molecule has 0 aliphatic rings. The van der Waals surface area contributed by atoms with Crippen LogP contribution in [0.2, 0.25) is 0 Å². The molecule has 0 radical (unpaired) electrons. The lowest BCUT2D eigenvalue weighted by molar-refractivity contribution is 0.0946. The largest absolute Gasteiger partial charge is 0.296 e. The van der Waals surface area contributed by atoms with Crippen LogP contribution < -0.4 is 11.3 Å². The molecular formula is C13H14F3N3OS. The Kier molecular flexibility index (Phi) is 4.81. The number of amides is 1. The van der Waals surface area contributed by atoms with Crippen LogP contribution in [-0.2, 0) is 6.54 Å². The first kappa shape index (κ1) is 15.7. The number of rotatable bonds is 5. The van der Waals surface area contributed by atoms with Gasteiger partial charge in [-0.25, -0.2) is 19.0 Å². The molecule has 3 N–H and O–H groups in total. The average Bonchev–Trinajstić information content (AvgIpc) is 2.77. The van der Waals surface area contributed by atoms with E-state index < -0.39 is 24.7 Å². The Morgan fingerprint density at radius 1 is 1.48 bits per heavy atom. The van der Waals surface area contributed by atoms with Gasteiger partial charge in [-0.2, -0.15) is 0 Å². The lowest BCUT2D eigenvalue weighted by Crippen LogP contribution is -2.31. The first-order valence-electron chi connectivity index (χ1n) is 6.11. The van der Waals surface area contributed by atoms with Crippen molar-refractivity contribution in [3.8, 4) is 0 Å². The molecule has 1 amide bonds.